The highest BCUT2D eigenvalue weighted by Gasteiger charge is 2.24. The number of ether oxygens (including phenoxy) is 2. The number of aromatic nitrogens is 2. The Morgan fingerprint density at radius 3 is 1.97 bits per heavy atom. The van der Waals surface area contributed by atoms with E-state index in [0.717, 1.165) is 16.3 Å². The highest BCUT2D eigenvalue weighted by Crippen LogP contribution is 2.60. The van der Waals surface area contributed by atoms with Crippen LogP contribution >= 0.6 is 23.8 Å². The lowest BCUT2D eigenvalue weighted by Gasteiger charge is -2.21. The zero-order valence-corrected chi connectivity index (χ0v) is 26.7. The van der Waals surface area contributed by atoms with E-state index in [9.17, 15) is 9.59 Å². The Morgan fingerprint density at radius 2 is 1.51 bits per heavy atom. The average Bonchev–Trinajstić information content (AvgIpc) is 2.87. The van der Waals surface area contributed by atoms with Crippen LogP contribution in [0.5, 0.6) is 11.8 Å². The third kappa shape index (κ3) is 14.2. The number of imide groups is 1. The van der Waals surface area contributed by atoms with Gasteiger partial charge in [0.1, 0.15) is 5.82 Å². The van der Waals surface area contributed by atoms with Crippen LogP contribution < -0.4 is 9.26 Å². The molecule has 0 radical (unpaired) electrons. The molecule has 0 aliphatic carbocycles. The molecule has 0 saturated heterocycles. The second-order valence-electron chi connectivity index (χ2n) is 6.36. The number of nitrogens with zero attached hydrogens (tertiary/aromatic N) is 3. The van der Waals surface area contributed by atoms with Gasteiger partial charge in [-0.1, -0.05) is 18.3 Å². The molecule has 0 fully saturated rings. The summed E-state index contributed by atoms with van der Waals surface area (Å²) in [6.07, 6.45) is -0.00524. The summed E-state index contributed by atoms with van der Waals surface area (Å²) in [7, 11) is 4.25. The first kappa shape index (κ1) is 36.1. The smallest absolute Gasteiger partial charge is 0.416 e. The summed E-state index contributed by atoms with van der Waals surface area (Å²) in [5.41, 5.74) is -2.51. The first-order valence-corrected chi connectivity index (χ1v) is 18.1. The summed E-state index contributed by atoms with van der Waals surface area (Å²) >= 11 is 11.5. The van der Waals surface area contributed by atoms with Gasteiger partial charge < -0.3 is 32.1 Å². The SMILES string of the molecule is CCOC(=O)N(C)C(=O)CSP(=S)(OCC)OCC.CCOc1cc(OP(=S)(OC)OC)nc(CC)n1. The van der Waals surface area contributed by atoms with Crippen LogP contribution in [-0.2, 0) is 57.7 Å². The fourth-order valence-electron chi connectivity index (χ4n) is 2.12. The minimum atomic E-state index is -2.78. The zero-order valence-electron chi connectivity index (χ0n) is 22.5. The average molecular weight is 622 g/mol. The molecular formula is C20H37N3O9P2S3. The van der Waals surface area contributed by atoms with E-state index in [1.54, 1.807) is 13.0 Å². The molecule has 0 aliphatic heterocycles. The highest BCUT2D eigenvalue weighted by molar-refractivity contribution is 8.68. The molecule has 0 aromatic carbocycles. The maximum atomic E-state index is 11.8. The molecule has 37 heavy (non-hydrogen) atoms. The monoisotopic (exact) mass is 621 g/mol. The maximum Gasteiger partial charge on any atom is 0.416 e. The normalized spacial score (nSPS) is 11.2. The summed E-state index contributed by atoms with van der Waals surface area (Å²) < 4.78 is 36.4. The molecule has 0 atom stereocenters. The van der Waals surface area contributed by atoms with Crippen molar-refractivity contribution in [1.29, 1.82) is 0 Å². The summed E-state index contributed by atoms with van der Waals surface area (Å²) in [6, 6.07) is 1.57. The van der Waals surface area contributed by atoms with E-state index in [-0.39, 0.29) is 12.4 Å². The van der Waals surface area contributed by atoms with E-state index < -0.39 is 24.4 Å². The number of rotatable bonds is 15. The van der Waals surface area contributed by atoms with E-state index in [1.165, 1.54) is 21.3 Å². The Hall–Kier alpha value is -0.890. The quantitative estimate of drug-likeness (QED) is 0.245. The van der Waals surface area contributed by atoms with Gasteiger partial charge in [-0.15, -0.1) is 0 Å². The standard InChI is InChI=1S/C10H17N2O4PS.C10H20NO5PS2/c1-5-8-11-9(15-6-2)7-10(12-8)16-17(18,13-3)14-4;1-5-14-10(13)11(4)9(12)8-19-17(18,15-6-2)16-7-3/h7H,5-6H2,1-4H3;5-8H2,1-4H3. The van der Waals surface area contributed by atoms with Crippen LogP contribution in [-0.4, -0.2) is 80.3 Å². The second kappa shape index (κ2) is 19.2. The Labute approximate surface area is 233 Å². The third-order valence-corrected chi connectivity index (χ3v) is 11.6. The molecule has 12 nitrogen and oxygen atoms in total. The number of aryl methyl sites for hydroxylation is 1. The number of carbonyl (C=O) groups excluding carboxylic acids is 2. The van der Waals surface area contributed by atoms with E-state index in [2.05, 4.69) is 9.97 Å². The van der Waals surface area contributed by atoms with Gasteiger partial charge in [0.25, 0.3) is 0 Å². The summed E-state index contributed by atoms with van der Waals surface area (Å²) in [4.78, 5) is 32.5. The molecule has 1 aromatic rings. The van der Waals surface area contributed by atoms with E-state index in [4.69, 9.17) is 55.7 Å². The summed E-state index contributed by atoms with van der Waals surface area (Å²) in [5.74, 6) is 0.999. The first-order chi connectivity index (χ1) is 17.5. The molecule has 0 unspecified atom stereocenters. The van der Waals surface area contributed by atoms with Crippen molar-refractivity contribution < 1.29 is 41.7 Å². The van der Waals surface area contributed by atoms with Crippen LogP contribution in [0, 0.1) is 0 Å². The molecule has 1 heterocycles. The van der Waals surface area contributed by atoms with Gasteiger partial charge in [0.15, 0.2) is 0 Å². The largest absolute Gasteiger partial charge is 0.478 e. The lowest BCUT2D eigenvalue weighted by atomic mass is 10.4. The fraction of sp³-hybridized carbons (Fsp3) is 0.700. The minimum absolute atomic E-state index is 0.0204. The molecule has 2 amide bonds. The van der Waals surface area contributed by atoms with Crippen LogP contribution in [0.15, 0.2) is 6.07 Å². The predicted molar refractivity (Wildman–Crippen MR) is 151 cm³/mol. The Morgan fingerprint density at radius 1 is 0.946 bits per heavy atom. The van der Waals surface area contributed by atoms with Crippen LogP contribution in [0.2, 0.25) is 0 Å². The zero-order chi connectivity index (χ0) is 28.5. The van der Waals surface area contributed by atoms with Crippen molar-refractivity contribution in [1.82, 2.24) is 14.9 Å². The maximum absolute atomic E-state index is 11.8. The van der Waals surface area contributed by atoms with Gasteiger partial charge in [-0.2, -0.15) is 9.97 Å². The molecule has 0 spiro atoms. The first-order valence-electron chi connectivity index (χ1n) is 11.3. The molecule has 0 aliphatic rings. The Bertz CT molecular complexity index is 926. The van der Waals surface area contributed by atoms with Crippen molar-refractivity contribution in [2.45, 2.75) is 41.0 Å². The fourth-order valence-corrected chi connectivity index (χ4v) is 7.28. The van der Waals surface area contributed by atoms with Gasteiger partial charge in [0.2, 0.25) is 23.4 Å². The van der Waals surface area contributed by atoms with Crippen molar-refractivity contribution in [2.24, 2.45) is 0 Å². The molecule has 17 heteroatoms. The predicted octanol–water partition coefficient (Wildman–Crippen LogP) is 4.97. The van der Waals surface area contributed by atoms with Crippen LogP contribution in [0.25, 0.3) is 0 Å². The molecule has 214 valence electrons. The van der Waals surface area contributed by atoms with Gasteiger partial charge in [0.05, 0.1) is 38.2 Å². The molecular weight excluding hydrogens is 584 g/mol. The molecule has 0 bridgehead atoms. The lowest BCUT2D eigenvalue weighted by Crippen LogP contribution is -2.34. The van der Waals surface area contributed by atoms with Crippen molar-refractivity contribution in [3.8, 4) is 11.8 Å². The Kier molecular flexibility index (Phi) is 18.8. The van der Waals surface area contributed by atoms with Crippen molar-refractivity contribution >= 4 is 59.4 Å². The van der Waals surface area contributed by atoms with Gasteiger partial charge in [-0.25, -0.2) is 9.69 Å². The van der Waals surface area contributed by atoms with Crippen molar-refractivity contribution in [3.05, 3.63) is 11.9 Å². The van der Waals surface area contributed by atoms with Crippen LogP contribution in [0.4, 0.5) is 4.79 Å². The topological polar surface area (TPSA) is 128 Å². The number of amides is 2. The summed E-state index contributed by atoms with van der Waals surface area (Å²) in [6.45, 7) is 7.92. The van der Waals surface area contributed by atoms with Crippen LogP contribution in [0.3, 0.4) is 0 Å². The third-order valence-electron chi connectivity index (χ3n) is 3.82. The summed E-state index contributed by atoms with van der Waals surface area (Å²) in [5, 5.41) is 0. The van der Waals surface area contributed by atoms with E-state index in [1.807, 2.05) is 27.7 Å². The lowest BCUT2D eigenvalue weighted by molar-refractivity contribution is -0.125. The van der Waals surface area contributed by atoms with E-state index >= 15 is 0 Å². The minimum Gasteiger partial charge on any atom is -0.478 e. The van der Waals surface area contributed by atoms with Gasteiger partial charge in [-0.3, -0.25) is 4.79 Å². The number of hydrogen-bond acceptors (Lipinski definition) is 14. The number of hydrogen-bond donors (Lipinski definition) is 0. The van der Waals surface area contributed by atoms with Gasteiger partial charge in [0, 0.05) is 39.5 Å². The second-order valence-corrected chi connectivity index (χ2v) is 15.8. The molecule has 0 N–H and O–H groups in total. The molecule has 1 rings (SSSR count). The van der Waals surface area contributed by atoms with E-state index in [0.29, 0.717) is 43.8 Å². The Balaban J connectivity index is 0.000000701. The molecule has 1 aromatic heterocycles. The highest BCUT2D eigenvalue weighted by atomic mass is 32.9. The number of carbonyl (C=O) groups is 2. The molecule has 0 saturated carbocycles. The van der Waals surface area contributed by atoms with Crippen LogP contribution in [0.1, 0.15) is 40.4 Å². The van der Waals surface area contributed by atoms with Crippen molar-refractivity contribution in [2.75, 3.05) is 53.4 Å². The van der Waals surface area contributed by atoms with Crippen molar-refractivity contribution in [3.63, 3.8) is 0 Å². The van der Waals surface area contributed by atoms with Gasteiger partial charge >= 0.3 is 12.8 Å². The van der Waals surface area contributed by atoms with Gasteiger partial charge in [-0.05, 0) is 39.5 Å².